The molecule has 7 nitrogen and oxygen atoms in total. The van der Waals surface area contributed by atoms with Crippen LogP contribution in [0.1, 0.15) is 37.0 Å². The lowest BCUT2D eigenvalue weighted by atomic mass is 10.2. The van der Waals surface area contributed by atoms with Gasteiger partial charge >= 0.3 is 0 Å². The van der Waals surface area contributed by atoms with E-state index in [1.807, 2.05) is 25.1 Å². The highest BCUT2D eigenvalue weighted by molar-refractivity contribution is 5.84. The van der Waals surface area contributed by atoms with E-state index in [0.717, 1.165) is 18.2 Å². The highest BCUT2D eigenvalue weighted by atomic mass is 16.5. The van der Waals surface area contributed by atoms with Crippen molar-refractivity contribution in [2.75, 3.05) is 19.8 Å². The molecule has 0 bridgehead atoms. The quantitative estimate of drug-likeness (QED) is 0.457. The van der Waals surface area contributed by atoms with Crippen LogP contribution in [0.25, 0.3) is 10.9 Å². The summed E-state index contributed by atoms with van der Waals surface area (Å²) in [6.07, 6.45) is 4.89. The van der Waals surface area contributed by atoms with Crippen LogP contribution < -0.4 is 4.74 Å². The second-order valence-electron chi connectivity index (χ2n) is 6.90. The fraction of sp³-hybridized carbons (Fsp3) is 0.409. The molecule has 154 valence electrons. The number of fused-ring (bicyclic) bond motifs is 1. The Hall–Kier alpha value is -2.77. The minimum atomic E-state index is -0.139. The van der Waals surface area contributed by atoms with Crippen molar-refractivity contribution in [2.24, 2.45) is 0 Å². The smallest absolute Gasteiger partial charge is 0.243 e. The molecule has 1 aromatic carbocycles. The van der Waals surface area contributed by atoms with Gasteiger partial charge in [0.25, 0.3) is 0 Å². The van der Waals surface area contributed by atoms with Crippen LogP contribution in [0.4, 0.5) is 0 Å². The lowest BCUT2D eigenvalue weighted by Crippen LogP contribution is -2.15. The SMILES string of the molecule is CC(=O)n1cc2cc(O[C@H](C)CCOCCCOCc3ccccc3)ncc2n1. The van der Waals surface area contributed by atoms with Crippen molar-refractivity contribution >= 4 is 16.8 Å². The summed E-state index contributed by atoms with van der Waals surface area (Å²) < 4.78 is 18.5. The Morgan fingerprint density at radius 1 is 1.14 bits per heavy atom. The minimum absolute atomic E-state index is 0.0304. The molecule has 3 aromatic rings. The van der Waals surface area contributed by atoms with E-state index in [-0.39, 0.29) is 12.0 Å². The van der Waals surface area contributed by atoms with Gasteiger partial charge in [-0.3, -0.25) is 4.79 Å². The minimum Gasteiger partial charge on any atom is -0.475 e. The molecule has 2 heterocycles. The standard InChI is InChI=1S/C22H27N3O4/c1-17(9-12-27-10-6-11-28-16-19-7-4-3-5-8-19)29-22-13-20-15-25(18(2)26)24-21(20)14-23-22/h3-5,7-8,13-15,17H,6,9-12,16H2,1-2H3/t17-/m1/s1. The van der Waals surface area contributed by atoms with Crippen LogP contribution in [0.3, 0.4) is 0 Å². The summed E-state index contributed by atoms with van der Waals surface area (Å²) in [6, 6.07) is 11.9. The Bertz CT molecular complexity index is 911. The van der Waals surface area contributed by atoms with Crippen molar-refractivity contribution < 1.29 is 19.0 Å². The van der Waals surface area contributed by atoms with Crippen LogP contribution in [0.5, 0.6) is 5.88 Å². The van der Waals surface area contributed by atoms with Crippen LogP contribution in [-0.2, 0) is 16.1 Å². The lowest BCUT2D eigenvalue weighted by Gasteiger charge is -2.14. The molecule has 0 N–H and O–H groups in total. The third-order valence-corrected chi connectivity index (χ3v) is 4.37. The predicted molar refractivity (Wildman–Crippen MR) is 110 cm³/mol. The Balaban J connectivity index is 1.29. The van der Waals surface area contributed by atoms with Crippen molar-refractivity contribution in [3.63, 3.8) is 0 Å². The molecule has 1 atom stereocenters. The Morgan fingerprint density at radius 3 is 2.72 bits per heavy atom. The summed E-state index contributed by atoms with van der Waals surface area (Å²) >= 11 is 0. The summed E-state index contributed by atoms with van der Waals surface area (Å²) in [4.78, 5) is 15.7. The Labute approximate surface area is 170 Å². The van der Waals surface area contributed by atoms with Gasteiger partial charge in [-0.25, -0.2) is 9.67 Å². The van der Waals surface area contributed by atoms with Crippen molar-refractivity contribution in [1.82, 2.24) is 14.8 Å². The molecule has 0 radical (unpaired) electrons. The zero-order valence-corrected chi connectivity index (χ0v) is 16.9. The van der Waals surface area contributed by atoms with E-state index >= 15 is 0 Å². The lowest BCUT2D eigenvalue weighted by molar-refractivity contribution is 0.0632. The van der Waals surface area contributed by atoms with Crippen LogP contribution in [0, 0.1) is 0 Å². The van der Waals surface area contributed by atoms with Gasteiger partial charge in [0.05, 0.1) is 25.5 Å². The van der Waals surface area contributed by atoms with Crippen LogP contribution in [-0.4, -0.2) is 46.6 Å². The van der Waals surface area contributed by atoms with Crippen molar-refractivity contribution in [2.45, 2.75) is 39.4 Å². The summed E-state index contributed by atoms with van der Waals surface area (Å²) in [5.41, 5.74) is 1.85. The maximum absolute atomic E-state index is 11.4. The fourth-order valence-corrected chi connectivity index (χ4v) is 2.78. The van der Waals surface area contributed by atoms with Crippen molar-refractivity contribution in [3.8, 4) is 5.88 Å². The van der Waals surface area contributed by atoms with E-state index in [4.69, 9.17) is 14.2 Å². The molecule has 0 saturated carbocycles. The molecular weight excluding hydrogens is 370 g/mol. The number of benzene rings is 1. The molecule has 0 spiro atoms. The average molecular weight is 397 g/mol. The third kappa shape index (κ3) is 6.66. The van der Waals surface area contributed by atoms with Crippen molar-refractivity contribution in [1.29, 1.82) is 0 Å². The molecule has 0 unspecified atom stereocenters. The van der Waals surface area contributed by atoms with E-state index in [0.29, 0.717) is 37.8 Å². The van der Waals surface area contributed by atoms with E-state index in [1.54, 1.807) is 18.5 Å². The molecule has 29 heavy (non-hydrogen) atoms. The number of carbonyl (C=O) groups excluding carboxylic acids is 1. The first-order chi connectivity index (χ1) is 14.1. The molecule has 0 aliphatic carbocycles. The summed E-state index contributed by atoms with van der Waals surface area (Å²) in [5.74, 6) is 0.377. The predicted octanol–water partition coefficient (Wildman–Crippen LogP) is 3.87. The topological polar surface area (TPSA) is 75.5 Å². The Kier molecular flexibility index (Phi) is 7.72. The number of carbonyl (C=O) groups is 1. The van der Waals surface area contributed by atoms with E-state index in [9.17, 15) is 4.79 Å². The fourth-order valence-electron chi connectivity index (χ4n) is 2.78. The largest absolute Gasteiger partial charge is 0.475 e. The number of hydrogen-bond donors (Lipinski definition) is 0. The van der Waals surface area contributed by atoms with Gasteiger partial charge in [0.15, 0.2) is 0 Å². The van der Waals surface area contributed by atoms with Crippen LogP contribution >= 0.6 is 0 Å². The number of nitrogens with zero attached hydrogens (tertiary/aromatic N) is 3. The average Bonchev–Trinajstić information content (AvgIpc) is 3.14. The molecule has 2 aromatic heterocycles. The molecule has 3 rings (SSSR count). The maximum atomic E-state index is 11.4. The first kappa shape index (κ1) is 21.0. The van der Waals surface area contributed by atoms with Gasteiger partial charge in [0, 0.05) is 44.2 Å². The number of pyridine rings is 1. The molecule has 0 aliphatic heterocycles. The second kappa shape index (κ2) is 10.7. The van der Waals surface area contributed by atoms with Crippen molar-refractivity contribution in [3.05, 3.63) is 54.4 Å². The van der Waals surface area contributed by atoms with Gasteiger partial charge in [-0.2, -0.15) is 5.10 Å². The third-order valence-electron chi connectivity index (χ3n) is 4.37. The highest BCUT2D eigenvalue weighted by Crippen LogP contribution is 2.18. The van der Waals surface area contributed by atoms with E-state index in [1.165, 1.54) is 17.2 Å². The number of rotatable bonds is 11. The molecular formula is C22H27N3O4. The summed E-state index contributed by atoms with van der Waals surface area (Å²) in [7, 11) is 0. The summed E-state index contributed by atoms with van der Waals surface area (Å²) in [5, 5.41) is 4.98. The number of ether oxygens (including phenoxy) is 3. The van der Waals surface area contributed by atoms with Gasteiger partial charge in [-0.05, 0) is 18.9 Å². The van der Waals surface area contributed by atoms with E-state index < -0.39 is 0 Å². The monoisotopic (exact) mass is 397 g/mol. The summed E-state index contributed by atoms with van der Waals surface area (Å²) in [6.45, 7) is 6.04. The van der Waals surface area contributed by atoms with Gasteiger partial charge in [-0.1, -0.05) is 30.3 Å². The molecule has 0 fully saturated rings. The highest BCUT2D eigenvalue weighted by Gasteiger charge is 2.09. The molecule has 7 heteroatoms. The van der Waals surface area contributed by atoms with Crippen LogP contribution in [0.2, 0.25) is 0 Å². The molecule has 0 amide bonds. The van der Waals surface area contributed by atoms with E-state index in [2.05, 4.69) is 22.2 Å². The second-order valence-corrected chi connectivity index (χ2v) is 6.90. The van der Waals surface area contributed by atoms with Crippen LogP contribution in [0.15, 0.2) is 48.8 Å². The molecule has 0 saturated heterocycles. The van der Waals surface area contributed by atoms with Gasteiger partial charge in [0.2, 0.25) is 11.8 Å². The zero-order chi connectivity index (χ0) is 20.5. The normalized spacial score (nSPS) is 12.2. The van der Waals surface area contributed by atoms with Gasteiger partial charge in [0.1, 0.15) is 5.52 Å². The Morgan fingerprint density at radius 2 is 1.93 bits per heavy atom. The van der Waals surface area contributed by atoms with Gasteiger partial charge in [-0.15, -0.1) is 0 Å². The first-order valence-electron chi connectivity index (χ1n) is 9.84. The first-order valence-corrected chi connectivity index (χ1v) is 9.84. The zero-order valence-electron chi connectivity index (χ0n) is 16.9. The number of aromatic nitrogens is 3. The maximum Gasteiger partial charge on any atom is 0.243 e. The number of hydrogen-bond acceptors (Lipinski definition) is 6. The molecule has 0 aliphatic rings. The van der Waals surface area contributed by atoms with Gasteiger partial charge < -0.3 is 14.2 Å².